The summed E-state index contributed by atoms with van der Waals surface area (Å²) in [5.41, 5.74) is 1.45. The van der Waals surface area contributed by atoms with E-state index in [4.69, 9.17) is 23.4 Å². The van der Waals surface area contributed by atoms with E-state index >= 15 is 0 Å². The van der Waals surface area contributed by atoms with Crippen LogP contribution >= 0.6 is 0 Å². The molecule has 0 unspecified atom stereocenters. The van der Waals surface area contributed by atoms with Crippen LogP contribution in [0, 0.1) is 0 Å². The van der Waals surface area contributed by atoms with Crippen LogP contribution in [0.2, 0.25) is 5.04 Å². The Balaban J connectivity index is 1.67. The molecule has 9 nitrogen and oxygen atoms in total. The van der Waals surface area contributed by atoms with E-state index in [1.165, 1.54) is 6.08 Å². The van der Waals surface area contributed by atoms with E-state index in [0.717, 1.165) is 15.9 Å². The Labute approximate surface area is 300 Å². The Morgan fingerprint density at radius 3 is 1.45 bits per heavy atom. The fraction of sp³-hybridized carbons (Fsp3) is 0.268. The molecule has 266 valence electrons. The highest BCUT2D eigenvalue weighted by atomic mass is 28.4. The zero-order valence-electron chi connectivity index (χ0n) is 29.2. The standard InChI is InChI=1S/C41H44O9Si/c1-5-26-46-37(42)27-35(39(44)47-29-31-18-10-6-11-19-31)49-38(43)28-36(40(45)48-30-32-20-12-7-13-21-32)50-51(41(2,3)4,33-22-14-8-15-23-33)34-24-16-9-17-25-34/h5-25,35-36H,1,26-30H2,2-4H3/t35-,36-/m0/s1. The summed E-state index contributed by atoms with van der Waals surface area (Å²) in [5, 5.41) is 1.21. The predicted octanol–water partition coefficient (Wildman–Crippen LogP) is 5.84. The van der Waals surface area contributed by atoms with Gasteiger partial charge in [0.2, 0.25) is 6.10 Å². The molecule has 0 spiro atoms. The fourth-order valence-corrected chi connectivity index (χ4v) is 10.2. The van der Waals surface area contributed by atoms with Gasteiger partial charge in [-0.05, 0) is 26.5 Å². The van der Waals surface area contributed by atoms with Gasteiger partial charge in [0.15, 0.2) is 6.10 Å². The number of carbonyl (C=O) groups excluding carboxylic acids is 4. The lowest BCUT2D eigenvalue weighted by Crippen LogP contribution is -2.68. The van der Waals surface area contributed by atoms with Gasteiger partial charge in [-0.3, -0.25) is 9.59 Å². The van der Waals surface area contributed by atoms with Gasteiger partial charge in [0, 0.05) is 0 Å². The van der Waals surface area contributed by atoms with Gasteiger partial charge in [-0.1, -0.05) is 155 Å². The lowest BCUT2D eigenvalue weighted by atomic mass is 10.2. The molecule has 10 heteroatoms. The van der Waals surface area contributed by atoms with Crippen molar-refractivity contribution < 1.29 is 42.6 Å². The lowest BCUT2D eigenvalue weighted by molar-refractivity contribution is -0.175. The van der Waals surface area contributed by atoms with Crippen molar-refractivity contribution in [1.82, 2.24) is 0 Å². The third-order valence-corrected chi connectivity index (χ3v) is 13.1. The lowest BCUT2D eigenvalue weighted by Gasteiger charge is -2.44. The minimum atomic E-state index is -3.39. The SMILES string of the molecule is C=CCOC(=O)C[C@H](OC(=O)C[C@H](O[Si](c1ccccc1)(c1ccccc1)C(C)(C)C)C(=O)OCc1ccccc1)C(=O)OCc1ccccc1. The number of rotatable bonds is 17. The summed E-state index contributed by atoms with van der Waals surface area (Å²) in [6.07, 6.45) is -2.93. The topological polar surface area (TPSA) is 114 Å². The largest absolute Gasteiger partial charge is 0.461 e. The molecule has 0 aromatic heterocycles. The molecule has 2 atom stereocenters. The van der Waals surface area contributed by atoms with Crippen molar-refractivity contribution in [2.24, 2.45) is 0 Å². The summed E-state index contributed by atoms with van der Waals surface area (Å²) in [5.74, 6) is -3.49. The van der Waals surface area contributed by atoms with Crippen LogP contribution in [0.5, 0.6) is 0 Å². The van der Waals surface area contributed by atoms with E-state index in [9.17, 15) is 19.2 Å². The zero-order valence-corrected chi connectivity index (χ0v) is 30.2. The Hall–Kier alpha value is -5.32. The maximum atomic E-state index is 14.0. The van der Waals surface area contributed by atoms with Crippen LogP contribution < -0.4 is 10.4 Å². The monoisotopic (exact) mass is 708 g/mol. The molecule has 0 aliphatic heterocycles. The molecule has 0 aliphatic carbocycles. The van der Waals surface area contributed by atoms with E-state index < -0.39 is 62.3 Å². The average Bonchev–Trinajstić information content (AvgIpc) is 3.14. The highest BCUT2D eigenvalue weighted by Crippen LogP contribution is 2.38. The minimum absolute atomic E-state index is 0.0566. The average molecular weight is 709 g/mol. The molecular formula is C41H44O9Si. The van der Waals surface area contributed by atoms with Gasteiger partial charge >= 0.3 is 23.9 Å². The minimum Gasteiger partial charge on any atom is -0.461 e. The highest BCUT2D eigenvalue weighted by Gasteiger charge is 2.53. The van der Waals surface area contributed by atoms with E-state index in [-0.39, 0.29) is 19.8 Å². The van der Waals surface area contributed by atoms with Crippen LogP contribution in [0.15, 0.2) is 134 Å². The quantitative estimate of drug-likeness (QED) is 0.0578. The molecular weight excluding hydrogens is 665 g/mol. The fourth-order valence-electron chi connectivity index (χ4n) is 5.61. The van der Waals surface area contributed by atoms with Crippen molar-refractivity contribution in [3.05, 3.63) is 145 Å². The second-order valence-corrected chi connectivity index (χ2v) is 17.1. The number of esters is 4. The van der Waals surface area contributed by atoms with Gasteiger partial charge < -0.3 is 23.4 Å². The summed E-state index contributed by atoms with van der Waals surface area (Å²) in [4.78, 5) is 53.5. The highest BCUT2D eigenvalue weighted by molar-refractivity contribution is 6.99. The third-order valence-electron chi connectivity index (χ3n) is 8.05. The molecule has 51 heavy (non-hydrogen) atoms. The molecule has 0 N–H and O–H groups in total. The second-order valence-electron chi connectivity index (χ2n) is 12.8. The maximum Gasteiger partial charge on any atom is 0.348 e. The molecule has 0 aliphatic rings. The van der Waals surface area contributed by atoms with Crippen LogP contribution in [-0.4, -0.2) is 51.0 Å². The summed E-state index contributed by atoms with van der Waals surface area (Å²) in [6, 6.07) is 37.3. The number of hydrogen-bond acceptors (Lipinski definition) is 9. The van der Waals surface area contributed by atoms with Crippen molar-refractivity contribution in [3.63, 3.8) is 0 Å². The van der Waals surface area contributed by atoms with Crippen LogP contribution in [0.3, 0.4) is 0 Å². The second kappa shape index (κ2) is 18.6. The van der Waals surface area contributed by atoms with Crippen LogP contribution in [-0.2, 0) is 55.8 Å². The predicted molar refractivity (Wildman–Crippen MR) is 195 cm³/mol. The summed E-state index contributed by atoms with van der Waals surface area (Å²) in [7, 11) is -3.39. The Morgan fingerprint density at radius 1 is 0.608 bits per heavy atom. The van der Waals surface area contributed by atoms with Crippen LogP contribution in [0.25, 0.3) is 0 Å². The van der Waals surface area contributed by atoms with Crippen molar-refractivity contribution in [3.8, 4) is 0 Å². The number of ether oxygens (including phenoxy) is 4. The van der Waals surface area contributed by atoms with Crippen molar-refractivity contribution in [2.75, 3.05) is 6.61 Å². The molecule has 0 bridgehead atoms. The number of benzene rings is 4. The van der Waals surface area contributed by atoms with Crippen molar-refractivity contribution in [2.45, 2.75) is 64.1 Å². The Morgan fingerprint density at radius 2 is 1.02 bits per heavy atom. The van der Waals surface area contributed by atoms with E-state index in [1.54, 1.807) is 24.3 Å². The first kappa shape index (κ1) is 38.5. The van der Waals surface area contributed by atoms with Crippen molar-refractivity contribution >= 4 is 42.6 Å². The van der Waals surface area contributed by atoms with Gasteiger partial charge in [0.25, 0.3) is 8.32 Å². The summed E-state index contributed by atoms with van der Waals surface area (Å²) >= 11 is 0. The van der Waals surface area contributed by atoms with E-state index in [1.807, 2.05) is 118 Å². The molecule has 0 heterocycles. The molecule has 4 rings (SSSR count). The van der Waals surface area contributed by atoms with Gasteiger partial charge in [-0.15, -0.1) is 0 Å². The smallest absolute Gasteiger partial charge is 0.348 e. The first-order valence-corrected chi connectivity index (χ1v) is 18.6. The molecule has 0 saturated carbocycles. The van der Waals surface area contributed by atoms with Crippen molar-refractivity contribution in [1.29, 1.82) is 0 Å². The molecule has 0 fully saturated rings. The first-order valence-electron chi connectivity index (χ1n) is 16.7. The maximum absolute atomic E-state index is 14.0. The Kier molecular flexibility index (Phi) is 14.0. The van der Waals surface area contributed by atoms with Crippen LogP contribution in [0.4, 0.5) is 0 Å². The molecule has 0 radical (unpaired) electrons. The number of hydrogen-bond donors (Lipinski definition) is 0. The first-order chi connectivity index (χ1) is 24.5. The van der Waals surface area contributed by atoms with Gasteiger partial charge in [0.1, 0.15) is 19.8 Å². The summed E-state index contributed by atoms with van der Waals surface area (Å²) < 4.78 is 28.8. The van der Waals surface area contributed by atoms with Crippen LogP contribution in [0.1, 0.15) is 44.7 Å². The van der Waals surface area contributed by atoms with E-state index in [2.05, 4.69) is 6.58 Å². The van der Waals surface area contributed by atoms with Gasteiger partial charge in [-0.25, -0.2) is 9.59 Å². The zero-order chi connectivity index (χ0) is 36.7. The molecule has 4 aromatic carbocycles. The molecule has 0 saturated heterocycles. The molecule has 0 amide bonds. The summed E-state index contributed by atoms with van der Waals surface area (Å²) in [6.45, 7) is 9.38. The number of carbonyl (C=O) groups is 4. The Bertz CT molecular complexity index is 1680. The van der Waals surface area contributed by atoms with Gasteiger partial charge in [-0.2, -0.15) is 0 Å². The normalized spacial score (nSPS) is 12.5. The van der Waals surface area contributed by atoms with Gasteiger partial charge in [0.05, 0.1) is 12.8 Å². The van der Waals surface area contributed by atoms with E-state index in [0.29, 0.717) is 5.56 Å². The molecule has 4 aromatic rings. The third kappa shape index (κ3) is 10.8.